The molecule has 3 atom stereocenters. The van der Waals surface area contributed by atoms with Gasteiger partial charge in [0.2, 0.25) is 5.91 Å². The summed E-state index contributed by atoms with van der Waals surface area (Å²) in [7, 11) is 0. The van der Waals surface area contributed by atoms with Crippen molar-refractivity contribution in [3.05, 3.63) is 34.3 Å². The van der Waals surface area contributed by atoms with Crippen LogP contribution >= 0.6 is 15.9 Å². The van der Waals surface area contributed by atoms with E-state index in [1.807, 2.05) is 12.1 Å². The minimum atomic E-state index is 0.0619. The normalized spacial score (nSPS) is 27.2. The van der Waals surface area contributed by atoms with Gasteiger partial charge in [0.05, 0.1) is 0 Å². The highest BCUT2D eigenvalue weighted by Gasteiger charge is 2.34. The Morgan fingerprint density at radius 2 is 2.00 bits per heavy atom. The second-order valence-electron chi connectivity index (χ2n) is 7.98. The topological polar surface area (TPSA) is 41.1 Å². The van der Waals surface area contributed by atoms with E-state index < -0.39 is 0 Å². The first-order chi connectivity index (χ1) is 11.5. The zero-order chi connectivity index (χ0) is 17.1. The first-order valence-corrected chi connectivity index (χ1v) is 10.1. The average molecular weight is 393 g/mol. The lowest BCUT2D eigenvalue weighted by atomic mass is 9.89. The molecule has 132 valence electrons. The summed E-state index contributed by atoms with van der Waals surface area (Å²) in [6.07, 6.45) is 6.48. The van der Waals surface area contributed by atoms with Crippen molar-refractivity contribution >= 4 is 21.8 Å². The number of rotatable bonds is 6. The quantitative estimate of drug-likeness (QED) is 0.766. The number of piperidine rings is 1. The van der Waals surface area contributed by atoms with Gasteiger partial charge in [0.1, 0.15) is 0 Å². The summed E-state index contributed by atoms with van der Waals surface area (Å²) in [4.78, 5) is 12.9. The van der Waals surface area contributed by atoms with E-state index in [1.165, 1.54) is 18.4 Å². The minimum absolute atomic E-state index is 0.0619. The first-order valence-electron chi connectivity index (χ1n) is 9.30. The lowest BCUT2D eigenvalue weighted by Gasteiger charge is -2.31. The van der Waals surface area contributed by atoms with Crippen molar-refractivity contribution in [2.45, 2.75) is 70.5 Å². The fourth-order valence-corrected chi connectivity index (χ4v) is 4.74. The molecule has 2 bridgehead atoms. The molecule has 3 nitrogen and oxygen atoms in total. The van der Waals surface area contributed by atoms with E-state index in [0.29, 0.717) is 24.0 Å². The van der Waals surface area contributed by atoms with E-state index in [4.69, 9.17) is 0 Å². The van der Waals surface area contributed by atoms with Crippen molar-refractivity contribution < 1.29 is 4.79 Å². The number of amides is 1. The van der Waals surface area contributed by atoms with Gasteiger partial charge in [-0.05, 0) is 62.1 Å². The van der Waals surface area contributed by atoms with E-state index >= 15 is 0 Å². The van der Waals surface area contributed by atoms with Gasteiger partial charge >= 0.3 is 0 Å². The maximum Gasteiger partial charge on any atom is 0.223 e. The fourth-order valence-electron chi connectivity index (χ4n) is 4.29. The number of halogens is 1. The van der Waals surface area contributed by atoms with Crippen LogP contribution in [0.15, 0.2) is 28.7 Å². The zero-order valence-electron chi connectivity index (χ0n) is 14.7. The van der Waals surface area contributed by atoms with Crippen molar-refractivity contribution in [3.63, 3.8) is 0 Å². The van der Waals surface area contributed by atoms with Crippen LogP contribution in [0, 0.1) is 11.8 Å². The molecule has 1 aromatic rings. The molecule has 3 unspecified atom stereocenters. The number of hydrogen-bond donors (Lipinski definition) is 2. The van der Waals surface area contributed by atoms with Gasteiger partial charge in [-0.15, -0.1) is 0 Å². The highest BCUT2D eigenvalue weighted by atomic mass is 79.9. The first kappa shape index (κ1) is 17.9. The molecule has 2 aliphatic rings. The SMILES string of the molecule is CC(C)CC(Cc1cccc(Br)c1)C(=O)NC1CC2CCC(C1)N2. The van der Waals surface area contributed by atoms with Crippen LogP contribution in [0.3, 0.4) is 0 Å². The Morgan fingerprint density at radius 1 is 1.29 bits per heavy atom. The van der Waals surface area contributed by atoms with E-state index in [2.05, 4.69) is 52.5 Å². The monoisotopic (exact) mass is 392 g/mol. The molecule has 3 rings (SSSR count). The number of hydrogen-bond acceptors (Lipinski definition) is 2. The van der Waals surface area contributed by atoms with Crippen LogP contribution in [0.4, 0.5) is 0 Å². The van der Waals surface area contributed by atoms with Crippen LogP contribution in [-0.2, 0) is 11.2 Å². The van der Waals surface area contributed by atoms with Gasteiger partial charge in [-0.1, -0.05) is 41.9 Å². The van der Waals surface area contributed by atoms with Crippen LogP contribution in [0.2, 0.25) is 0 Å². The summed E-state index contributed by atoms with van der Waals surface area (Å²) in [5, 5.41) is 7.01. The third kappa shape index (κ3) is 4.82. The molecule has 2 saturated heterocycles. The smallest absolute Gasteiger partial charge is 0.223 e. The average Bonchev–Trinajstić information content (AvgIpc) is 2.85. The molecule has 0 radical (unpaired) electrons. The molecule has 0 spiro atoms. The predicted molar refractivity (Wildman–Crippen MR) is 102 cm³/mol. The molecular formula is C20H29BrN2O. The van der Waals surface area contributed by atoms with Gasteiger partial charge < -0.3 is 10.6 Å². The van der Waals surface area contributed by atoms with Crippen LogP contribution in [-0.4, -0.2) is 24.0 Å². The standard InChI is InChI=1S/C20H29BrN2O/c1-13(2)8-15(9-14-4-3-5-16(21)10-14)20(24)23-19-11-17-6-7-18(12-19)22-17/h3-5,10,13,15,17-19,22H,6-9,11-12H2,1-2H3,(H,23,24). The molecule has 0 saturated carbocycles. The molecule has 2 N–H and O–H groups in total. The summed E-state index contributed by atoms with van der Waals surface area (Å²) >= 11 is 3.53. The number of carbonyl (C=O) groups excluding carboxylic acids is 1. The van der Waals surface area contributed by atoms with Crippen molar-refractivity contribution in [2.24, 2.45) is 11.8 Å². The highest BCUT2D eigenvalue weighted by Crippen LogP contribution is 2.27. The van der Waals surface area contributed by atoms with Crippen molar-refractivity contribution in [2.75, 3.05) is 0 Å². The lowest BCUT2D eigenvalue weighted by molar-refractivity contribution is -0.126. The summed E-state index contributed by atoms with van der Waals surface area (Å²) < 4.78 is 1.08. The number of fused-ring (bicyclic) bond motifs is 2. The van der Waals surface area contributed by atoms with E-state index in [-0.39, 0.29) is 11.8 Å². The van der Waals surface area contributed by atoms with Gasteiger partial charge in [0.15, 0.2) is 0 Å². The molecular weight excluding hydrogens is 364 g/mol. The zero-order valence-corrected chi connectivity index (χ0v) is 16.3. The molecule has 0 aromatic heterocycles. The van der Waals surface area contributed by atoms with Gasteiger partial charge in [0.25, 0.3) is 0 Å². The van der Waals surface area contributed by atoms with Crippen LogP contribution in [0.5, 0.6) is 0 Å². The third-order valence-corrected chi connectivity index (χ3v) is 5.81. The van der Waals surface area contributed by atoms with Crippen LogP contribution in [0.25, 0.3) is 0 Å². The maximum atomic E-state index is 12.9. The second-order valence-corrected chi connectivity index (χ2v) is 8.89. The number of carbonyl (C=O) groups is 1. The van der Waals surface area contributed by atoms with Crippen molar-refractivity contribution in [1.82, 2.24) is 10.6 Å². The number of nitrogens with one attached hydrogen (secondary N) is 2. The Labute approximate surface area is 154 Å². The molecule has 2 aliphatic heterocycles. The molecule has 1 amide bonds. The predicted octanol–water partition coefficient (Wildman–Crippen LogP) is 4.05. The van der Waals surface area contributed by atoms with Crippen LogP contribution in [0.1, 0.15) is 51.5 Å². The van der Waals surface area contributed by atoms with Gasteiger partial charge in [-0.3, -0.25) is 4.79 Å². The summed E-state index contributed by atoms with van der Waals surface area (Å²) in [5.74, 6) is 0.832. The lowest BCUT2D eigenvalue weighted by Crippen LogP contribution is -2.49. The van der Waals surface area contributed by atoms with E-state index in [1.54, 1.807) is 0 Å². The second kappa shape index (κ2) is 8.01. The Hall–Kier alpha value is -0.870. The Kier molecular flexibility index (Phi) is 5.98. The van der Waals surface area contributed by atoms with E-state index in [9.17, 15) is 4.79 Å². The van der Waals surface area contributed by atoms with Crippen LogP contribution < -0.4 is 10.6 Å². The minimum Gasteiger partial charge on any atom is -0.353 e. The molecule has 0 aliphatic carbocycles. The number of benzene rings is 1. The fraction of sp³-hybridized carbons (Fsp3) is 0.650. The summed E-state index contributed by atoms with van der Waals surface area (Å²) in [6, 6.07) is 9.92. The largest absolute Gasteiger partial charge is 0.353 e. The van der Waals surface area contributed by atoms with Gasteiger partial charge in [-0.2, -0.15) is 0 Å². The molecule has 24 heavy (non-hydrogen) atoms. The molecule has 4 heteroatoms. The molecule has 2 heterocycles. The summed E-state index contributed by atoms with van der Waals surface area (Å²) in [6.45, 7) is 4.40. The van der Waals surface area contributed by atoms with Gasteiger partial charge in [-0.25, -0.2) is 0 Å². The maximum absolute atomic E-state index is 12.9. The van der Waals surface area contributed by atoms with E-state index in [0.717, 1.165) is 30.2 Å². The Bertz CT molecular complexity index is 563. The molecule has 1 aromatic carbocycles. The van der Waals surface area contributed by atoms with Crippen molar-refractivity contribution in [1.29, 1.82) is 0 Å². The highest BCUT2D eigenvalue weighted by molar-refractivity contribution is 9.10. The Morgan fingerprint density at radius 3 is 2.62 bits per heavy atom. The Balaban J connectivity index is 1.62. The molecule has 2 fully saturated rings. The third-order valence-electron chi connectivity index (χ3n) is 5.32. The van der Waals surface area contributed by atoms with Gasteiger partial charge in [0, 0.05) is 28.5 Å². The summed E-state index contributed by atoms with van der Waals surface area (Å²) in [5.41, 5.74) is 1.23. The van der Waals surface area contributed by atoms with Crippen molar-refractivity contribution in [3.8, 4) is 0 Å².